The molecule has 1 saturated heterocycles. The van der Waals surface area contributed by atoms with Gasteiger partial charge in [-0.1, -0.05) is 18.2 Å². The molecule has 0 aromatic heterocycles. The van der Waals surface area contributed by atoms with Crippen molar-refractivity contribution in [1.29, 1.82) is 0 Å². The number of benzene rings is 1. The van der Waals surface area contributed by atoms with Gasteiger partial charge in [0.15, 0.2) is 5.54 Å². The first kappa shape index (κ1) is 16.8. The second kappa shape index (κ2) is 4.96. The molecule has 2 heterocycles. The van der Waals surface area contributed by atoms with Gasteiger partial charge in [0.2, 0.25) is 0 Å². The number of likely N-dealkylation sites (N-methyl/N-ethyl adjacent to an activating group) is 1. The summed E-state index contributed by atoms with van der Waals surface area (Å²) in [6.45, 7) is 7.22. The Morgan fingerprint density at radius 2 is 1.92 bits per heavy atom. The number of aliphatic hydroxyl groups is 1. The van der Waals surface area contributed by atoms with Crippen LogP contribution in [0.25, 0.3) is 0 Å². The van der Waals surface area contributed by atoms with Crippen molar-refractivity contribution in [1.82, 2.24) is 4.90 Å². The molecule has 2 aliphatic rings. The summed E-state index contributed by atoms with van der Waals surface area (Å²) in [6.07, 6.45) is -0.279. The highest BCUT2D eigenvalue weighted by molar-refractivity contribution is 6.10. The molecule has 1 aromatic rings. The van der Waals surface area contributed by atoms with Crippen molar-refractivity contribution >= 4 is 17.7 Å². The zero-order valence-electron chi connectivity index (χ0n) is 14.8. The van der Waals surface area contributed by atoms with E-state index < -0.39 is 22.8 Å². The maximum Gasteiger partial charge on any atom is 0.411 e. The highest BCUT2D eigenvalue weighted by Crippen LogP contribution is 2.54. The van der Waals surface area contributed by atoms with Crippen LogP contribution >= 0.6 is 0 Å². The molecule has 24 heavy (non-hydrogen) atoms. The van der Waals surface area contributed by atoms with Crippen LogP contribution in [0.2, 0.25) is 0 Å². The summed E-state index contributed by atoms with van der Waals surface area (Å²) in [5.74, 6) is -0.308. The first-order valence-electron chi connectivity index (χ1n) is 8.13. The van der Waals surface area contributed by atoms with E-state index in [2.05, 4.69) is 0 Å². The van der Waals surface area contributed by atoms with Gasteiger partial charge in [-0.25, -0.2) is 4.79 Å². The Bertz CT molecular complexity index is 707. The molecule has 130 valence electrons. The molecule has 1 N–H and O–H groups in total. The number of hydrogen-bond donors (Lipinski definition) is 1. The number of anilines is 1. The van der Waals surface area contributed by atoms with Crippen LogP contribution in [0.3, 0.4) is 0 Å². The number of ether oxygens (including phenoxy) is 1. The van der Waals surface area contributed by atoms with E-state index in [1.54, 1.807) is 40.8 Å². The van der Waals surface area contributed by atoms with Crippen LogP contribution < -0.4 is 4.90 Å². The smallest absolute Gasteiger partial charge is 0.411 e. The Morgan fingerprint density at radius 1 is 1.29 bits per heavy atom. The third-order valence-electron chi connectivity index (χ3n) is 4.89. The molecule has 1 fully saturated rings. The molecule has 1 aromatic carbocycles. The number of amides is 2. The standard InChI is InChI=1S/C18H24N2O4/c1-16(2,3)24-15(22)20-11-10-17(4,23)18(20)12-8-6-7-9-13(12)19(5)14(18)21/h6-9,23H,10-11H2,1-5H3/t17-,18-/m1/s1. The van der Waals surface area contributed by atoms with E-state index in [0.29, 0.717) is 17.7 Å². The molecular weight excluding hydrogens is 308 g/mol. The number of hydrogen-bond acceptors (Lipinski definition) is 4. The molecular formula is C18H24N2O4. The largest absolute Gasteiger partial charge is 0.444 e. The zero-order chi connectivity index (χ0) is 17.9. The lowest BCUT2D eigenvalue weighted by Crippen LogP contribution is -2.61. The predicted molar refractivity (Wildman–Crippen MR) is 89.7 cm³/mol. The van der Waals surface area contributed by atoms with Gasteiger partial charge in [0, 0.05) is 24.8 Å². The summed E-state index contributed by atoms with van der Waals surface area (Å²) < 4.78 is 5.51. The third-order valence-corrected chi connectivity index (χ3v) is 4.89. The van der Waals surface area contributed by atoms with E-state index in [0.717, 1.165) is 0 Å². The Hall–Kier alpha value is -2.08. The molecule has 3 rings (SSSR count). The third kappa shape index (κ3) is 2.05. The number of carbonyl (C=O) groups is 2. The fourth-order valence-corrected chi connectivity index (χ4v) is 3.83. The maximum absolute atomic E-state index is 13.2. The van der Waals surface area contributed by atoms with E-state index in [1.165, 1.54) is 9.80 Å². The molecule has 2 aliphatic heterocycles. The lowest BCUT2D eigenvalue weighted by atomic mass is 9.77. The molecule has 2 amide bonds. The van der Waals surface area contributed by atoms with E-state index in [-0.39, 0.29) is 12.5 Å². The van der Waals surface area contributed by atoms with Crippen LogP contribution in [0, 0.1) is 0 Å². The Morgan fingerprint density at radius 3 is 2.54 bits per heavy atom. The van der Waals surface area contributed by atoms with E-state index in [4.69, 9.17) is 4.74 Å². The van der Waals surface area contributed by atoms with Gasteiger partial charge in [-0.15, -0.1) is 0 Å². The molecule has 0 radical (unpaired) electrons. The zero-order valence-corrected chi connectivity index (χ0v) is 14.8. The summed E-state index contributed by atoms with van der Waals surface area (Å²) in [5, 5.41) is 11.1. The van der Waals surface area contributed by atoms with E-state index in [1.807, 2.05) is 18.2 Å². The molecule has 0 saturated carbocycles. The lowest BCUT2D eigenvalue weighted by molar-refractivity contribution is -0.140. The Balaban J connectivity index is 2.17. The summed E-state index contributed by atoms with van der Waals surface area (Å²) in [7, 11) is 1.66. The molecule has 0 bridgehead atoms. The van der Waals surface area contributed by atoms with Crippen LogP contribution in [0.5, 0.6) is 0 Å². The molecule has 6 heteroatoms. The van der Waals surface area contributed by atoms with E-state index in [9.17, 15) is 14.7 Å². The minimum atomic E-state index is -1.44. The minimum Gasteiger partial charge on any atom is -0.444 e. The summed E-state index contributed by atoms with van der Waals surface area (Å²) in [5.41, 5.74) is -2.15. The van der Waals surface area contributed by atoms with Crippen molar-refractivity contribution in [3.63, 3.8) is 0 Å². The van der Waals surface area contributed by atoms with Gasteiger partial charge in [-0.05, 0) is 40.2 Å². The number of carbonyl (C=O) groups excluding carboxylic acids is 2. The Kier molecular flexibility index (Phi) is 3.46. The second-order valence-corrected chi connectivity index (χ2v) is 7.75. The van der Waals surface area contributed by atoms with Crippen molar-refractivity contribution in [3.8, 4) is 0 Å². The van der Waals surface area contributed by atoms with Crippen LogP contribution in [0.4, 0.5) is 10.5 Å². The minimum absolute atomic E-state index is 0.260. The van der Waals surface area contributed by atoms with Gasteiger partial charge < -0.3 is 14.7 Å². The second-order valence-electron chi connectivity index (χ2n) is 7.75. The average molecular weight is 332 g/mol. The normalized spacial score (nSPS) is 29.3. The van der Waals surface area contributed by atoms with E-state index >= 15 is 0 Å². The highest BCUT2D eigenvalue weighted by atomic mass is 16.6. The Labute approximate surface area is 142 Å². The molecule has 1 spiro atoms. The van der Waals surface area contributed by atoms with Crippen LogP contribution in [-0.4, -0.2) is 46.8 Å². The molecule has 2 atom stereocenters. The van der Waals surface area contributed by atoms with Gasteiger partial charge in [0.05, 0.1) is 0 Å². The number of fused-ring (bicyclic) bond motifs is 2. The summed E-state index contributed by atoms with van der Waals surface area (Å²) in [6, 6.07) is 7.27. The predicted octanol–water partition coefficient (Wildman–Crippen LogP) is 2.25. The van der Waals surface area contributed by atoms with Crippen molar-refractivity contribution in [3.05, 3.63) is 29.8 Å². The quantitative estimate of drug-likeness (QED) is 0.791. The van der Waals surface area contributed by atoms with Gasteiger partial charge in [-0.2, -0.15) is 0 Å². The number of likely N-dealkylation sites (tertiary alicyclic amines) is 1. The first-order chi connectivity index (χ1) is 11.0. The van der Waals surface area contributed by atoms with Gasteiger partial charge in [-0.3, -0.25) is 9.69 Å². The topological polar surface area (TPSA) is 70.1 Å². The monoisotopic (exact) mass is 332 g/mol. The van der Waals surface area contributed by atoms with Crippen molar-refractivity contribution in [2.24, 2.45) is 0 Å². The van der Waals surface area contributed by atoms with Crippen LogP contribution in [0.1, 0.15) is 39.7 Å². The lowest BCUT2D eigenvalue weighted by Gasteiger charge is -2.41. The fraction of sp³-hybridized carbons (Fsp3) is 0.556. The average Bonchev–Trinajstić information content (AvgIpc) is 2.87. The summed E-state index contributed by atoms with van der Waals surface area (Å²) >= 11 is 0. The van der Waals surface area contributed by atoms with Crippen molar-refractivity contribution < 1.29 is 19.4 Å². The highest BCUT2D eigenvalue weighted by Gasteiger charge is 2.68. The van der Waals surface area contributed by atoms with Gasteiger partial charge in [0.1, 0.15) is 11.2 Å². The van der Waals surface area contributed by atoms with Gasteiger partial charge >= 0.3 is 6.09 Å². The SMILES string of the molecule is CN1C(=O)[C@@]2(c3ccccc31)N(C(=O)OC(C)(C)C)CC[C@@]2(C)O. The van der Waals surface area contributed by atoms with Crippen molar-refractivity contribution in [2.45, 2.75) is 50.9 Å². The molecule has 0 aliphatic carbocycles. The molecule has 0 unspecified atom stereocenters. The molecule has 6 nitrogen and oxygen atoms in total. The first-order valence-corrected chi connectivity index (χ1v) is 8.13. The fourth-order valence-electron chi connectivity index (χ4n) is 3.83. The van der Waals surface area contributed by atoms with Crippen molar-refractivity contribution in [2.75, 3.05) is 18.5 Å². The van der Waals surface area contributed by atoms with Crippen LogP contribution in [-0.2, 0) is 15.1 Å². The number of nitrogens with zero attached hydrogens (tertiary/aromatic N) is 2. The number of rotatable bonds is 0. The number of para-hydroxylation sites is 1. The maximum atomic E-state index is 13.2. The summed E-state index contributed by atoms with van der Waals surface area (Å²) in [4.78, 5) is 28.9. The van der Waals surface area contributed by atoms with Crippen LogP contribution in [0.15, 0.2) is 24.3 Å². The van der Waals surface area contributed by atoms with Gasteiger partial charge in [0.25, 0.3) is 5.91 Å².